The lowest BCUT2D eigenvalue weighted by atomic mass is 9.81. The second-order valence-electron chi connectivity index (χ2n) is 7.79. The van der Waals surface area contributed by atoms with Crippen LogP contribution in [0.15, 0.2) is 42.7 Å². The summed E-state index contributed by atoms with van der Waals surface area (Å²) in [7, 11) is 1.60. The van der Waals surface area contributed by atoms with Gasteiger partial charge >= 0.3 is 0 Å². The lowest BCUT2D eigenvalue weighted by molar-refractivity contribution is -0.123. The van der Waals surface area contributed by atoms with E-state index in [4.69, 9.17) is 4.74 Å². The van der Waals surface area contributed by atoms with Crippen LogP contribution in [0, 0.1) is 11.8 Å². The Balaban J connectivity index is 1.50. The molecule has 156 valence electrons. The fraction of sp³-hybridized carbons (Fsp3) is 0.478. The van der Waals surface area contributed by atoms with Crippen LogP contribution in [0.4, 0.5) is 0 Å². The summed E-state index contributed by atoms with van der Waals surface area (Å²) in [4.78, 5) is 18.9. The molecular weight excluding hydrogens is 366 g/mol. The summed E-state index contributed by atoms with van der Waals surface area (Å²) >= 11 is 0. The molecule has 3 rings (SSSR count). The zero-order valence-electron chi connectivity index (χ0n) is 17.3. The number of amides is 1. The van der Waals surface area contributed by atoms with E-state index >= 15 is 0 Å². The van der Waals surface area contributed by atoms with Crippen molar-refractivity contribution in [2.45, 2.75) is 39.3 Å². The molecule has 1 aromatic carbocycles. The zero-order valence-corrected chi connectivity index (χ0v) is 17.3. The lowest BCUT2D eigenvalue weighted by Gasteiger charge is -2.38. The number of methoxy groups -OCH3 is 1. The minimum absolute atomic E-state index is 0.110. The van der Waals surface area contributed by atoms with E-state index in [1.807, 2.05) is 24.3 Å². The number of nitrogens with zero attached hydrogens (tertiary/aromatic N) is 2. The Morgan fingerprint density at radius 2 is 2.21 bits per heavy atom. The minimum Gasteiger partial charge on any atom is -0.507 e. The smallest absolute Gasteiger partial charge is 0.220 e. The van der Waals surface area contributed by atoms with Crippen LogP contribution in [0.5, 0.6) is 11.5 Å². The molecule has 6 heteroatoms. The van der Waals surface area contributed by atoms with Crippen molar-refractivity contribution in [2.75, 3.05) is 20.2 Å². The molecule has 0 radical (unpaired) electrons. The summed E-state index contributed by atoms with van der Waals surface area (Å²) in [5, 5.41) is 13.3. The van der Waals surface area contributed by atoms with Gasteiger partial charge in [-0.25, -0.2) is 0 Å². The number of benzene rings is 1. The Bertz CT molecular complexity index is 797. The van der Waals surface area contributed by atoms with E-state index in [9.17, 15) is 9.90 Å². The molecule has 0 spiro atoms. The van der Waals surface area contributed by atoms with Gasteiger partial charge in [0.05, 0.1) is 7.11 Å². The van der Waals surface area contributed by atoms with E-state index in [-0.39, 0.29) is 11.7 Å². The van der Waals surface area contributed by atoms with E-state index in [1.165, 1.54) is 0 Å². The van der Waals surface area contributed by atoms with Gasteiger partial charge in [-0.2, -0.15) is 0 Å². The molecule has 2 heterocycles. The number of rotatable bonds is 8. The van der Waals surface area contributed by atoms with Crippen LogP contribution in [0.2, 0.25) is 0 Å². The number of phenolic OH excluding ortho intramolecular Hbond substituents is 1. The fourth-order valence-corrected chi connectivity index (χ4v) is 4.09. The summed E-state index contributed by atoms with van der Waals surface area (Å²) in [6.45, 7) is 5.32. The highest BCUT2D eigenvalue weighted by atomic mass is 16.5. The van der Waals surface area contributed by atoms with Crippen molar-refractivity contribution < 1.29 is 14.6 Å². The number of piperidine rings is 1. The standard InChI is InChI=1S/C23H31N3O3/c1-3-18-15-26(16-20-6-7-21(29-2)12-22(20)27)10-8-19(18)11-23(28)25-14-17-5-4-9-24-13-17/h4-7,9,12-13,18-19,27H,3,8,10-11,14-16H2,1-2H3,(H,25,28)/t18-,19+/m1/s1. The molecule has 1 aliphatic heterocycles. The van der Waals surface area contributed by atoms with Crippen molar-refractivity contribution in [3.63, 3.8) is 0 Å². The zero-order chi connectivity index (χ0) is 20.6. The number of pyridine rings is 1. The minimum atomic E-state index is 0.110. The third kappa shape index (κ3) is 5.94. The van der Waals surface area contributed by atoms with Gasteiger partial charge in [0.1, 0.15) is 11.5 Å². The van der Waals surface area contributed by atoms with Crippen LogP contribution in [-0.4, -0.2) is 41.1 Å². The molecule has 29 heavy (non-hydrogen) atoms. The second-order valence-corrected chi connectivity index (χ2v) is 7.79. The maximum atomic E-state index is 12.4. The normalized spacial score (nSPS) is 19.7. The molecule has 0 bridgehead atoms. The Morgan fingerprint density at radius 3 is 2.90 bits per heavy atom. The van der Waals surface area contributed by atoms with Gasteiger partial charge in [-0.15, -0.1) is 0 Å². The molecule has 0 aliphatic carbocycles. The first-order valence-corrected chi connectivity index (χ1v) is 10.3. The van der Waals surface area contributed by atoms with E-state index < -0.39 is 0 Å². The van der Waals surface area contributed by atoms with Gasteiger partial charge in [0, 0.05) is 50.1 Å². The number of likely N-dealkylation sites (tertiary alicyclic amines) is 1. The Hall–Kier alpha value is -2.60. The molecule has 1 saturated heterocycles. The Kier molecular flexibility index (Phi) is 7.47. The molecule has 1 aromatic heterocycles. The number of carbonyl (C=O) groups is 1. The SMILES string of the molecule is CC[C@@H]1CN(Cc2ccc(OC)cc2O)CC[C@H]1CC(=O)NCc1cccnc1. The molecule has 2 N–H and O–H groups in total. The molecule has 2 atom stereocenters. The number of hydrogen-bond acceptors (Lipinski definition) is 5. The maximum absolute atomic E-state index is 12.4. The number of nitrogens with one attached hydrogen (secondary N) is 1. The van der Waals surface area contributed by atoms with Crippen LogP contribution in [-0.2, 0) is 17.9 Å². The molecule has 1 fully saturated rings. The topological polar surface area (TPSA) is 74.7 Å². The number of aromatic hydroxyl groups is 1. The molecule has 0 saturated carbocycles. The quantitative estimate of drug-likeness (QED) is 0.715. The lowest BCUT2D eigenvalue weighted by Crippen LogP contribution is -2.41. The molecule has 1 amide bonds. The monoisotopic (exact) mass is 397 g/mol. The van der Waals surface area contributed by atoms with Gasteiger partial charge in [0.2, 0.25) is 5.91 Å². The molecular formula is C23H31N3O3. The summed E-state index contributed by atoms with van der Waals surface area (Å²) in [6.07, 6.45) is 6.13. The van der Waals surface area contributed by atoms with Crippen LogP contribution in [0.25, 0.3) is 0 Å². The predicted molar refractivity (Wildman–Crippen MR) is 113 cm³/mol. The molecule has 0 unspecified atom stereocenters. The molecule has 6 nitrogen and oxygen atoms in total. The summed E-state index contributed by atoms with van der Waals surface area (Å²) in [5.41, 5.74) is 1.93. The van der Waals surface area contributed by atoms with Gasteiger partial charge in [-0.1, -0.05) is 25.5 Å². The summed E-state index contributed by atoms with van der Waals surface area (Å²) in [5.74, 6) is 1.92. The van der Waals surface area contributed by atoms with Crippen LogP contribution in [0.3, 0.4) is 0 Å². The molecule has 2 aromatic rings. The number of carbonyl (C=O) groups excluding carboxylic acids is 1. The molecule has 1 aliphatic rings. The largest absolute Gasteiger partial charge is 0.507 e. The van der Waals surface area contributed by atoms with Crippen molar-refractivity contribution in [3.05, 3.63) is 53.9 Å². The summed E-state index contributed by atoms with van der Waals surface area (Å²) in [6, 6.07) is 9.31. The first-order chi connectivity index (χ1) is 14.1. The average molecular weight is 398 g/mol. The van der Waals surface area contributed by atoms with Gasteiger partial charge in [0.15, 0.2) is 0 Å². The van der Waals surface area contributed by atoms with Gasteiger partial charge in [-0.3, -0.25) is 14.7 Å². The van der Waals surface area contributed by atoms with E-state index in [1.54, 1.807) is 25.6 Å². The maximum Gasteiger partial charge on any atom is 0.220 e. The third-order valence-corrected chi connectivity index (χ3v) is 5.85. The highest BCUT2D eigenvalue weighted by molar-refractivity contribution is 5.76. The first-order valence-electron chi connectivity index (χ1n) is 10.3. The first kappa shape index (κ1) is 21.1. The van der Waals surface area contributed by atoms with Crippen molar-refractivity contribution in [3.8, 4) is 11.5 Å². The van der Waals surface area contributed by atoms with Crippen molar-refractivity contribution in [1.29, 1.82) is 0 Å². The Morgan fingerprint density at radius 1 is 1.34 bits per heavy atom. The van der Waals surface area contributed by atoms with Crippen molar-refractivity contribution in [2.24, 2.45) is 11.8 Å². The van der Waals surface area contributed by atoms with Gasteiger partial charge in [-0.05, 0) is 42.5 Å². The van der Waals surface area contributed by atoms with E-state index in [0.717, 1.165) is 37.1 Å². The highest BCUT2D eigenvalue weighted by Crippen LogP contribution is 2.31. The van der Waals surface area contributed by atoms with Gasteiger partial charge in [0.25, 0.3) is 0 Å². The van der Waals surface area contributed by atoms with E-state index in [0.29, 0.717) is 37.1 Å². The second kappa shape index (κ2) is 10.3. The predicted octanol–water partition coefficient (Wildman–Crippen LogP) is 3.35. The number of ether oxygens (including phenoxy) is 1. The van der Waals surface area contributed by atoms with Crippen LogP contribution in [0.1, 0.15) is 37.3 Å². The van der Waals surface area contributed by atoms with Crippen molar-refractivity contribution in [1.82, 2.24) is 15.2 Å². The van der Waals surface area contributed by atoms with Crippen molar-refractivity contribution >= 4 is 5.91 Å². The third-order valence-electron chi connectivity index (χ3n) is 5.85. The van der Waals surface area contributed by atoms with Crippen LogP contribution >= 0.6 is 0 Å². The highest BCUT2D eigenvalue weighted by Gasteiger charge is 2.29. The van der Waals surface area contributed by atoms with Crippen LogP contribution < -0.4 is 10.1 Å². The fourth-order valence-electron chi connectivity index (χ4n) is 4.09. The number of phenols is 1. The average Bonchev–Trinajstić information content (AvgIpc) is 2.75. The summed E-state index contributed by atoms with van der Waals surface area (Å²) < 4.78 is 5.16. The number of hydrogen-bond donors (Lipinski definition) is 2. The van der Waals surface area contributed by atoms with Gasteiger partial charge < -0.3 is 15.2 Å². The number of aromatic nitrogens is 1. The van der Waals surface area contributed by atoms with E-state index in [2.05, 4.69) is 22.1 Å². The Labute approximate surface area is 172 Å².